The van der Waals surface area contributed by atoms with E-state index < -0.39 is 5.97 Å². The third-order valence-corrected chi connectivity index (χ3v) is 4.84. The molecule has 0 atom stereocenters. The largest absolute Gasteiger partial charge is 0.477 e. The molecule has 0 radical (unpaired) electrons. The highest BCUT2D eigenvalue weighted by Crippen LogP contribution is 2.48. The molecule has 10 heteroatoms. The molecular weight excluding hydrogens is 355 g/mol. The zero-order valence-electron chi connectivity index (χ0n) is 10.3. The summed E-state index contributed by atoms with van der Waals surface area (Å²) >= 11 is 14.3. The van der Waals surface area contributed by atoms with Crippen LogP contribution in [0.15, 0.2) is 14.8 Å². The van der Waals surface area contributed by atoms with Crippen molar-refractivity contribution < 1.29 is 9.90 Å². The van der Waals surface area contributed by atoms with Crippen LogP contribution in [0.2, 0.25) is 10.0 Å². The number of thiazole rings is 1. The van der Waals surface area contributed by atoms with Gasteiger partial charge in [0, 0.05) is 0 Å². The van der Waals surface area contributed by atoms with Crippen LogP contribution in [-0.4, -0.2) is 16.1 Å². The average molecular weight is 361 g/mol. The summed E-state index contributed by atoms with van der Waals surface area (Å²) in [6.45, 7) is 1.63. The number of halogens is 2. The van der Waals surface area contributed by atoms with Crippen molar-refractivity contribution in [3.63, 3.8) is 0 Å². The van der Waals surface area contributed by atoms with Gasteiger partial charge in [0.05, 0.1) is 32.8 Å². The standard InChI is InChI=1S/C11H6Cl2N4O2S2/c1-3-9(10(18)19)20-11(14-3)15-6-4(12)2-5(13)7-8(6)17-21-16-7/h2H,1H3,(H,14,15)(H,18,19). The highest BCUT2D eigenvalue weighted by Gasteiger charge is 2.21. The minimum absolute atomic E-state index is 0.176. The molecule has 0 unspecified atom stereocenters. The number of nitrogens with zero attached hydrogens (tertiary/aromatic N) is 3. The van der Waals surface area contributed by atoms with Gasteiger partial charge in [0.25, 0.3) is 0 Å². The van der Waals surface area contributed by atoms with Gasteiger partial charge >= 0.3 is 5.97 Å². The summed E-state index contributed by atoms with van der Waals surface area (Å²) in [4.78, 5) is 15.4. The van der Waals surface area contributed by atoms with Gasteiger partial charge in [-0.05, 0) is 13.0 Å². The second-order valence-corrected chi connectivity index (χ2v) is 6.38. The fraction of sp³-hybridized carbons (Fsp3) is 0.0909. The Hall–Kier alpha value is -1.48. The number of aromatic nitrogens is 1. The average Bonchev–Trinajstić information content (AvgIpc) is 3.01. The van der Waals surface area contributed by atoms with E-state index >= 15 is 0 Å². The topological polar surface area (TPSA) is 86.9 Å². The van der Waals surface area contributed by atoms with E-state index in [0.717, 1.165) is 22.7 Å². The number of hydrogen-bond donors (Lipinski definition) is 2. The number of fused-ring (bicyclic) bond motifs is 1. The van der Waals surface area contributed by atoms with E-state index in [1.165, 1.54) is 0 Å². The summed E-state index contributed by atoms with van der Waals surface area (Å²) in [6, 6.07) is 1.56. The molecule has 108 valence electrons. The lowest BCUT2D eigenvalue weighted by Gasteiger charge is -2.09. The number of nitrogens with one attached hydrogen (secondary N) is 1. The summed E-state index contributed by atoms with van der Waals surface area (Å²) in [5.74, 6) is -1.01. The van der Waals surface area contributed by atoms with Gasteiger partial charge in [-0.25, -0.2) is 9.78 Å². The van der Waals surface area contributed by atoms with Gasteiger partial charge in [0.1, 0.15) is 16.3 Å². The summed E-state index contributed by atoms with van der Waals surface area (Å²) in [6.07, 6.45) is 0. The Kier molecular flexibility index (Phi) is 3.70. The van der Waals surface area contributed by atoms with E-state index in [0.29, 0.717) is 37.9 Å². The van der Waals surface area contributed by atoms with Crippen molar-refractivity contribution >= 4 is 74.1 Å². The van der Waals surface area contributed by atoms with E-state index in [-0.39, 0.29) is 4.88 Å². The smallest absolute Gasteiger partial charge is 0.347 e. The van der Waals surface area contributed by atoms with E-state index in [1.807, 2.05) is 0 Å². The number of carboxylic acid groups (broad SMARTS) is 1. The van der Waals surface area contributed by atoms with Gasteiger partial charge in [-0.15, -0.1) is 0 Å². The highest BCUT2D eigenvalue weighted by atomic mass is 35.5. The van der Waals surface area contributed by atoms with Crippen LogP contribution < -0.4 is 5.32 Å². The zero-order chi connectivity index (χ0) is 15.1. The monoisotopic (exact) mass is 360 g/mol. The number of hydrogen-bond acceptors (Lipinski definition) is 6. The van der Waals surface area contributed by atoms with Crippen LogP contribution in [0.3, 0.4) is 0 Å². The van der Waals surface area contributed by atoms with Crippen LogP contribution in [0.5, 0.6) is 0 Å². The van der Waals surface area contributed by atoms with Gasteiger partial charge in [-0.1, -0.05) is 34.5 Å². The minimum atomic E-state index is -1.01. The highest BCUT2D eigenvalue weighted by molar-refractivity contribution is 7.58. The number of aromatic carboxylic acids is 1. The van der Waals surface area contributed by atoms with Crippen LogP contribution in [0.25, 0.3) is 0 Å². The van der Waals surface area contributed by atoms with Gasteiger partial charge in [0.15, 0.2) is 5.13 Å². The fourth-order valence-electron chi connectivity index (χ4n) is 1.75. The summed E-state index contributed by atoms with van der Waals surface area (Å²) in [5, 5.41) is 13.3. The van der Waals surface area contributed by atoms with E-state index in [1.54, 1.807) is 13.0 Å². The quantitative estimate of drug-likeness (QED) is 0.693. The second kappa shape index (κ2) is 5.38. The molecule has 0 saturated carbocycles. The third kappa shape index (κ3) is 2.55. The minimum Gasteiger partial charge on any atom is -0.477 e. The van der Waals surface area contributed by atoms with Crippen molar-refractivity contribution in [2.75, 3.05) is 5.32 Å². The molecular formula is C11H6Cl2N4O2S2. The molecule has 1 aliphatic rings. The molecule has 1 aromatic carbocycles. The molecule has 1 aliphatic heterocycles. The van der Waals surface area contributed by atoms with Crippen molar-refractivity contribution in [1.82, 2.24) is 4.98 Å². The Morgan fingerprint density at radius 2 is 2.00 bits per heavy atom. The van der Waals surface area contributed by atoms with Crippen LogP contribution in [-0.2, 0) is 11.4 Å². The third-order valence-electron chi connectivity index (χ3n) is 2.67. The van der Waals surface area contributed by atoms with Crippen molar-refractivity contribution in [2.45, 2.75) is 6.92 Å². The predicted molar refractivity (Wildman–Crippen MR) is 85.1 cm³/mol. The summed E-state index contributed by atoms with van der Waals surface area (Å²) < 4.78 is 8.26. The lowest BCUT2D eigenvalue weighted by molar-refractivity contribution is 0.0701. The van der Waals surface area contributed by atoms with E-state index in [2.05, 4.69) is 19.0 Å². The van der Waals surface area contributed by atoms with Crippen LogP contribution in [0, 0.1) is 6.92 Å². The number of carbonyl (C=O) groups is 1. The zero-order valence-corrected chi connectivity index (χ0v) is 13.5. The number of benzene rings is 1. The molecule has 0 spiro atoms. The lowest BCUT2D eigenvalue weighted by atomic mass is 10.2. The molecule has 1 aromatic heterocycles. The number of anilines is 2. The maximum absolute atomic E-state index is 11.0. The molecule has 2 aromatic rings. The molecule has 0 aliphatic carbocycles. The Labute approximate surface area is 136 Å². The predicted octanol–water partition coefficient (Wildman–Crippen LogP) is 4.93. The Morgan fingerprint density at radius 3 is 2.67 bits per heavy atom. The first-order valence-corrected chi connectivity index (χ1v) is 7.85. The Balaban J connectivity index is 2.04. The molecule has 0 amide bonds. The van der Waals surface area contributed by atoms with E-state index in [9.17, 15) is 4.79 Å². The normalized spacial score (nSPS) is 12.1. The number of aryl methyl sites for hydroxylation is 1. The van der Waals surface area contributed by atoms with E-state index in [4.69, 9.17) is 28.3 Å². The molecule has 2 N–H and O–H groups in total. The van der Waals surface area contributed by atoms with Crippen LogP contribution >= 0.6 is 34.5 Å². The summed E-state index contributed by atoms with van der Waals surface area (Å²) in [5.41, 5.74) is 2.02. The van der Waals surface area contributed by atoms with Gasteiger partial charge < -0.3 is 10.4 Å². The lowest BCUT2D eigenvalue weighted by Crippen LogP contribution is -1.94. The van der Waals surface area contributed by atoms with Crippen LogP contribution in [0.1, 0.15) is 15.4 Å². The van der Waals surface area contributed by atoms with Crippen molar-refractivity contribution in [3.05, 3.63) is 26.7 Å². The fourth-order valence-corrected chi connectivity index (χ4v) is 3.72. The molecule has 6 nitrogen and oxygen atoms in total. The molecule has 0 saturated heterocycles. The van der Waals surface area contributed by atoms with Gasteiger partial charge in [-0.2, -0.15) is 8.73 Å². The molecule has 3 rings (SSSR count). The first-order valence-electron chi connectivity index (χ1n) is 5.55. The molecule has 21 heavy (non-hydrogen) atoms. The number of carboxylic acids is 1. The Morgan fingerprint density at radius 1 is 1.29 bits per heavy atom. The molecule has 2 heterocycles. The van der Waals surface area contributed by atoms with Crippen molar-refractivity contribution in [1.29, 1.82) is 0 Å². The first kappa shape index (κ1) is 14.5. The maximum atomic E-state index is 11.0. The SMILES string of the molecule is Cc1nc(Nc2c(Cl)cc(Cl)c3c2N=S=N3)sc1C(=O)O. The van der Waals surface area contributed by atoms with Gasteiger partial charge in [-0.3, -0.25) is 0 Å². The van der Waals surface area contributed by atoms with Crippen molar-refractivity contribution in [3.8, 4) is 0 Å². The first-order chi connectivity index (χ1) is 9.97. The summed E-state index contributed by atoms with van der Waals surface area (Å²) in [7, 11) is 0. The Bertz CT molecular complexity index is 843. The number of rotatable bonds is 3. The van der Waals surface area contributed by atoms with Crippen molar-refractivity contribution in [2.24, 2.45) is 8.73 Å². The molecule has 0 fully saturated rings. The van der Waals surface area contributed by atoms with Crippen LogP contribution in [0.4, 0.5) is 22.2 Å². The molecule has 0 bridgehead atoms. The maximum Gasteiger partial charge on any atom is 0.347 e. The van der Waals surface area contributed by atoms with Gasteiger partial charge in [0.2, 0.25) is 0 Å². The second-order valence-electron chi connectivity index (χ2n) is 4.04.